The van der Waals surface area contributed by atoms with Crippen LogP contribution in [0.25, 0.3) is 0 Å². The number of hydrogen-bond donors (Lipinski definition) is 0. The fourth-order valence-electron chi connectivity index (χ4n) is 2.93. The molecule has 88 valence electrons. The summed E-state index contributed by atoms with van der Waals surface area (Å²) in [6.07, 6.45) is 7.16. The van der Waals surface area contributed by atoms with Crippen molar-refractivity contribution in [2.24, 2.45) is 11.8 Å². The summed E-state index contributed by atoms with van der Waals surface area (Å²) in [7, 11) is 0. The molecular weight excluding hydrogens is 276 g/mol. The summed E-state index contributed by atoms with van der Waals surface area (Å²) >= 11 is 3.38. The first-order chi connectivity index (χ1) is 8.25. The first-order valence-electron chi connectivity index (χ1n) is 6.27. The lowest BCUT2D eigenvalue weighted by Crippen LogP contribution is -1.93. The normalized spacial score (nSPS) is 26.3. The molecule has 0 aliphatic heterocycles. The van der Waals surface area contributed by atoms with E-state index in [0.29, 0.717) is 0 Å². The maximum absolute atomic E-state index is 12.1. The van der Waals surface area contributed by atoms with Gasteiger partial charge >= 0.3 is 0 Å². The van der Waals surface area contributed by atoms with Gasteiger partial charge in [-0.3, -0.25) is 4.79 Å². The maximum Gasteiger partial charge on any atom is 0.185 e. The van der Waals surface area contributed by atoms with Crippen molar-refractivity contribution in [2.45, 2.75) is 25.7 Å². The molecule has 0 radical (unpaired) electrons. The Balaban J connectivity index is 1.76. The topological polar surface area (TPSA) is 17.1 Å². The third kappa shape index (κ3) is 2.23. The fourth-order valence-corrected chi connectivity index (χ4v) is 3.20. The van der Waals surface area contributed by atoms with Gasteiger partial charge in [0.1, 0.15) is 0 Å². The van der Waals surface area contributed by atoms with Crippen LogP contribution in [-0.4, -0.2) is 5.78 Å². The van der Waals surface area contributed by atoms with E-state index < -0.39 is 0 Å². The van der Waals surface area contributed by atoms with Gasteiger partial charge in [-0.05, 0) is 55.0 Å². The summed E-state index contributed by atoms with van der Waals surface area (Å²) in [4.78, 5) is 12.1. The van der Waals surface area contributed by atoms with Crippen LogP contribution in [0, 0.1) is 11.8 Å². The molecule has 2 heteroatoms. The standard InChI is InChI=1S/C15H15BrO/c16-11-7-5-10(6-8-11)15(17)9-14-12-3-1-2-4-13(12)14/h5-9,12-13H,1-4H2. The second kappa shape index (κ2) is 4.41. The van der Waals surface area contributed by atoms with Crippen LogP contribution < -0.4 is 0 Å². The van der Waals surface area contributed by atoms with Gasteiger partial charge in [0, 0.05) is 10.0 Å². The van der Waals surface area contributed by atoms with Crippen molar-refractivity contribution in [3.05, 3.63) is 46.0 Å². The summed E-state index contributed by atoms with van der Waals surface area (Å²) in [5.74, 6) is 1.65. The SMILES string of the molecule is O=C(C=C1C2CCCCC12)c1ccc(Br)cc1. The molecule has 1 aromatic rings. The first kappa shape index (κ1) is 11.2. The smallest absolute Gasteiger partial charge is 0.185 e. The molecule has 0 aromatic heterocycles. The number of allylic oxidation sites excluding steroid dienone is 2. The summed E-state index contributed by atoms with van der Waals surface area (Å²) in [6, 6.07) is 7.61. The summed E-state index contributed by atoms with van der Waals surface area (Å²) in [5.41, 5.74) is 2.21. The Morgan fingerprint density at radius 1 is 1.12 bits per heavy atom. The van der Waals surface area contributed by atoms with Gasteiger partial charge < -0.3 is 0 Å². The molecule has 2 atom stereocenters. The predicted octanol–water partition coefficient (Wildman–Crippen LogP) is 4.38. The van der Waals surface area contributed by atoms with Gasteiger partial charge in [-0.2, -0.15) is 0 Å². The van der Waals surface area contributed by atoms with Gasteiger partial charge in [-0.25, -0.2) is 0 Å². The van der Waals surface area contributed by atoms with E-state index in [-0.39, 0.29) is 5.78 Å². The average Bonchev–Trinajstić information content (AvgIpc) is 3.04. The van der Waals surface area contributed by atoms with Crippen molar-refractivity contribution in [1.29, 1.82) is 0 Å². The van der Waals surface area contributed by atoms with E-state index in [1.807, 2.05) is 30.3 Å². The highest BCUT2D eigenvalue weighted by molar-refractivity contribution is 9.10. The van der Waals surface area contributed by atoms with Gasteiger partial charge in [-0.1, -0.05) is 34.3 Å². The molecule has 2 saturated carbocycles. The Labute approximate surface area is 110 Å². The number of halogens is 1. The zero-order chi connectivity index (χ0) is 11.8. The van der Waals surface area contributed by atoms with Crippen molar-refractivity contribution < 1.29 is 4.79 Å². The van der Waals surface area contributed by atoms with Gasteiger partial charge in [0.25, 0.3) is 0 Å². The molecule has 1 nitrogen and oxygen atoms in total. The van der Waals surface area contributed by atoms with Crippen LogP contribution in [0.3, 0.4) is 0 Å². The monoisotopic (exact) mass is 290 g/mol. The van der Waals surface area contributed by atoms with Crippen molar-refractivity contribution in [1.82, 2.24) is 0 Å². The average molecular weight is 291 g/mol. The molecule has 2 unspecified atom stereocenters. The van der Waals surface area contributed by atoms with E-state index in [1.165, 1.54) is 31.3 Å². The summed E-state index contributed by atoms with van der Waals surface area (Å²) in [6.45, 7) is 0. The third-order valence-electron chi connectivity index (χ3n) is 3.94. The van der Waals surface area contributed by atoms with Crippen molar-refractivity contribution in [2.75, 3.05) is 0 Å². The molecule has 0 heterocycles. The number of hydrogen-bond acceptors (Lipinski definition) is 1. The molecule has 2 fully saturated rings. The Morgan fingerprint density at radius 3 is 2.29 bits per heavy atom. The Bertz CT molecular complexity index is 458. The third-order valence-corrected chi connectivity index (χ3v) is 4.47. The molecule has 17 heavy (non-hydrogen) atoms. The lowest BCUT2D eigenvalue weighted by molar-refractivity contribution is 0.104. The van der Waals surface area contributed by atoms with Crippen LogP contribution in [0.4, 0.5) is 0 Å². The number of carbonyl (C=O) groups excluding carboxylic acids is 1. The second-order valence-corrected chi connectivity index (χ2v) is 5.93. The molecule has 2 aliphatic carbocycles. The quantitative estimate of drug-likeness (QED) is 0.584. The molecule has 3 rings (SSSR count). The van der Waals surface area contributed by atoms with Crippen LogP contribution in [-0.2, 0) is 0 Å². The molecule has 0 spiro atoms. The first-order valence-corrected chi connectivity index (χ1v) is 7.06. The molecule has 0 saturated heterocycles. The van der Waals surface area contributed by atoms with Crippen LogP contribution in [0.15, 0.2) is 40.4 Å². The second-order valence-electron chi connectivity index (χ2n) is 5.01. The van der Waals surface area contributed by atoms with Gasteiger partial charge in [0.15, 0.2) is 5.78 Å². The van der Waals surface area contributed by atoms with Crippen LogP contribution in [0.5, 0.6) is 0 Å². The lowest BCUT2D eigenvalue weighted by atomic mass is 10.0. The van der Waals surface area contributed by atoms with E-state index in [4.69, 9.17) is 0 Å². The van der Waals surface area contributed by atoms with E-state index >= 15 is 0 Å². The minimum Gasteiger partial charge on any atom is -0.289 e. The number of carbonyl (C=O) groups is 1. The van der Waals surface area contributed by atoms with Crippen LogP contribution in [0.1, 0.15) is 36.0 Å². The highest BCUT2D eigenvalue weighted by atomic mass is 79.9. The Morgan fingerprint density at radius 2 is 1.71 bits per heavy atom. The minimum absolute atomic E-state index is 0.168. The molecule has 1 aromatic carbocycles. The maximum atomic E-state index is 12.1. The minimum atomic E-state index is 0.168. The predicted molar refractivity (Wildman–Crippen MR) is 72.0 cm³/mol. The number of fused-ring (bicyclic) bond motifs is 1. The zero-order valence-electron chi connectivity index (χ0n) is 9.66. The number of ketones is 1. The van der Waals surface area contributed by atoms with Gasteiger partial charge in [0.05, 0.1) is 0 Å². The largest absolute Gasteiger partial charge is 0.289 e. The van der Waals surface area contributed by atoms with E-state index in [0.717, 1.165) is 21.9 Å². The van der Waals surface area contributed by atoms with Gasteiger partial charge in [-0.15, -0.1) is 0 Å². The Kier molecular flexibility index (Phi) is 2.91. The Hall–Kier alpha value is -0.890. The van der Waals surface area contributed by atoms with Crippen molar-refractivity contribution in [3.63, 3.8) is 0 Å². The van der Waals surface area contributed by atoms with E-state index in [2.05, 4.69) is 15.9 Å². The van der Waals surface area contributed by atoms with Crippen molar-refractivity contribution >= 4 is 21.7 Å². The van der Waals surface area contributed by atoms with Crippen LogP contribution >= 0.6 is 15.9 Å². The molecule has 2 aliphatic rings. The van der Waals surface area contributed by atoms with Crippen molar-refractivity contribution in [3.8, 4) is 0 Å². The summed E-state index contributed by atoms with van der Waals surface area (Å²) in [5, 5.41) is 0. The summed E-state index contributed by atoms with van der Waals surface area (Å²) < 4.78 is 1.02. The van der Waals surface area contributed by atoms with Crippen LogP contribution in [0.2, 0.25) is 0 Å². The molecule has 0 bridgehead atoms. The zero-order valence-corrected chi connectivity index (χ0v) is 11.2. The number of benzene rings is 1. The van der Waals surface area contributed by atoms with E-state index in [9.17, 15) is 4.79 Å². The highest BCUT2D eigenvalue weighted by Crippen LogP contribution is 2.54. The highest BCUT2D eigenvalue weighted by Gasteiger charge is 2.44. The lowest BCUT2D eigenvalue weighted by Gasteiger charge is -2.04. The molecular formula is C15H15BrO. The number of rotatable bonds is 2. The fraction of sp³-hybridized carbons (Fsp3) is 0.400. The van der Waals surface area contributed by atoms with E-state index in [1.54, 1.807) is 0 Å². The molecule has 0 N–H and O–H groups in total. The van der Waals surface area contributed by atoms with Gasteiger partial charge in [0.2, 0.25) is 0 Å². The molecule has 0 amide bonds.